The van der Waals surface area contributed by atoms with E-state index < -0.39 is 17.5 Å². The maximum absolute atomic E-state index is 12.8. The lowest BCUT2D eigenvalue weighted by molar-refractivity contribution is -0.137. The van der Waals surface area contributed by atoms with Gasteiger partial charge in [0.05, 0.1) is 39.0 Å². The maximum Gasteiger partial charge on any atom is 0.416 e. The molecule has 0 atom stereocenters. The molecule has 0 aliphatic carbocycles. The smallest absolute Gasteiger partial charge is 0.416 e. The van der Waals surface area contributed by atoms with Crippen molar-refractivity contribution in [1.82, 2.24) is 0 Å². The number of rotatable bonds is 10. The number of ether oxygens (including phenoxy) is 4. The number of carbonyl (C=O) groups is 1. The number of carbonyl (C=O) groups excluding carboxylic acids is 1. The van der Waals surface area contributed by atoms with Gasteiger partial charge in [0.15, 0.2) is 17.3 Å². The van der Waals surface area contributed by atoms with Gasteiger partial charge >= 0.3 is 6.18 Å². The van der Waals surface area contributed by atoms with Gasteiger partial charge in [0.25, 0.3) is 0 Å². The third kappa shape index (κ3) is 6.80. The number of alkyl halides is 3. The van der Waals surface area contributed by atoms with Gasteiger partial charge < -0.3 is 24.3 Å². The minimum atomic E-state index is -4.47. The second kappa shape index (κ2) is 12.4. The van der Waals surface area contributed by atoms with Crippen LogP contribution in [0.25, 0.3) is 12.2 Å². The van der Waals surface area contributed by atoms with Gasteiger partial charge in [0, 0.05) is 29.6 Å². The molecule has 0 aliphatic heterocycles. The molecule has 0 unspecified atom stereocenters. The molecule has 0 saturated carbocycles. The topological polar surface area (TPSA) is 66.0 Å². The van der Waals surface area contributed by atoms with Gasteiger partial charge in [-0.05, 0) is 41.5 Å². The first-order valence-electron chi connectivity index (χ1n) is 11.1. The Morgan fingerprint density at radius 2 is 1.45 bits per heavy atom. The summed E-state index contributed by atoms with van der Waals surface area (Å²) in [6.07, 6.45) is 1.74. The summed E-state index contributed by atoms with van der Waals surface area (Å²) in [6, 6.07) is 10.9. The van der Waals surface area contributed by atoms with Gasteiger partial charge in [0.1, 0.15) is 5.75 Å². The van der Waals surface area contributed by atoms with Crippen molar-refractivity contribution >= 4 is 35.2 Å². The highest BCUT2D eigenvalue weighted by Gasteiger charge is 2.30. The van der Waals surface area contributed by atoms with Crippen molar-refractivity contribution in [1.29, 1.82) is 0 Å². The lowest BCUT2D eigenvalue weighted by atomic mass is 10.1. The van der Waals surface area contributed by atoms with E-state index in [2.05, 4.69) is 5.32 Å². The summed E-state index contributed by atoms with van der Waals surface area (Å²) in [6.45, 7) is 0. The second-order valence-corrected chi connectivity index (χ2v) is 8.19. The third-order valence-electron chi connectivity index (χ3n) is 5.44. The minimum Gasteiger partial charge on any atom is -0.495 e. The summed E-state index contributed by atoms with van der Waals surface area (Å²) in [5.41, 5.74) is 1.27. The van der Waals surface area contributed by atoms with E-state index in [1.54, 1.807) is 30.3 Å². The molecule has 0 aromatic heterocycles. The van der Waals surface area contributed by atoms with E-state index in [4.69, 9.17) is 30.5 Å². The SMILES string of the molecule is COc1cc(N/C=C\C(=O)c2ccc(C(F)(F)F)cc2)c(/C=C\c2cc(OC)c(OC)c(OC)c2)cc1Cl. The Bertz CT molecular complexity index is 1330. The summed E-state index contributed by atoms with van der Waals surface area (Å²) >= 11 is 6.33. The number of hydrogen-bond acceptors (Lipinski definition) is 6. The monoisotopic (exact) mass is 547 g/mol. The molecule has 0 saturated heterocycles. The van der Waals surface area contributed by atoms with Crippen molar-refractivity contribution in [2.24, 2.45) is 0 Å². The van der Waals surface area contributed by atoms with Crippen LogP contribution in [0, 0.1) is 0 Å². The molecule has 6 nitrogen and oxygen atoms in total. The fourth-order valence-electron chi connectivity index (χ4n) is 3.50. The molecule has 3 aromatic rings. The van der Waals surface area contributed by atoms with E-state index in [0.29, 0.717) is 39.3 Å². The van der Waals surface area contributed by atoms with Crippen molar-refractivity contribution in [3.63, 3.8) is 0 Å². The molecule has 3 aromatic carbocycles. The predicted octanol–water partition coefficient (Wildman–Crippen LogP) is 7.37. The van der Waals surface area contributed by atoms with Crippen LogP contribution in [0.5, 0.6) is 23.0 Å². The first-order chi connectivity index (χ1) is 18.1. The number of anilines is 1. The summed E-state index contributed by atoms with van der Waals surface area (Å²) in [4.78, 5) is 12.4. The quantitative estimate of drug-likeness (QED) is 0.162. The zero-order valence-electron chi connectivity index (χ0n) is 21.0. The third-order valence-corrected chi connectivity index (χ3v) is 5.73. The number of methoxy groups -OCH3 is 4. The number of allylic oxidation sites excluding steroid dienone is 1. The van der Waals surface area contributed by atoms with Gasteiger partial charge in [-0.2, -0.15) is 13.2 Å². The average Bonchev–Trinajstić information content (AvgIpc) is 2.91. The van der Waals surface area contributed by atoms with Gasteiger partial charge in [0.2, 0.25) is 5.75 Å². The molecule has 10 heteroatoms. The van der Waals surface area contributed by atoms with Crippen LogP contribution in [-0.4, -0.2) is 34.2 Å². The minimum absolute atomic E-state index is 0.118. The Morgan fingerprint density at radius 1 is 0.842 bits per heavy atom. The number of halogens is 4. The van der Waals surface area contributed by atoms with E-state index in [1.807, 2.05) is 6.08 Å². The summed E-state index contributed by atoms with van der Waals surface area (Å²) < 4.78 is 59.7. The lowest BCUT2D eigenvalue weighted by Gasteiger charge is -2.13. The fraction of sp³-hybridized carbons (Fsp3) is 0.179. The average molecular weight is 548 g/mol. The van der Waals surface area contributed by atoms with Crippen LogP contribution in [0.1, 0.15) is 27.0 Å². The van der Waals surface area contributed by atoms with Gasteiger partial charge in [-0.15, -0.1) is 0 Å². The first kappa shape index (κ1) is 28.5. The fourth-order valence-corrected chi connectivity index (χ4v) is 3.75. The molecule has 0 aliphatic rings. The summed E-state index contributed by atoms with van der Waals surface area (Å²) in [7, 11) is 6.03. The van der Waals surface area contributed by atoms with Gasteiger partial charge in [-0.1, -0.05) is 35.9 Å². The molecule has 0 heterocycles. The standard InChI is InChI=1S/C28H25ClF3NO5/c1-35-24-16-22(33-12-11-23(34)18-7-9-20(10-8-18)28(30,31)32)19(15-21(24)29)6-5-17-13-25(36-2)27(38-4)26(14-17)37-3/h5-16,33H,1-4H3/b6-5-,12-11-. The Kier molecular flexibility index (Phi) is 9.30. The second-order valence-electron chi connectivity index (χ2n) is 7.78. The number of nitrogens with one attached hydrogen (secondary N) is 1. The highest BCUT2D eigenvalue weighted by atomic mass is 35.5. The van der Waals surface area contributed by atoms with Crippen LogP contribution < -0.4 is 24.3 Å². The predicted molar refractivity (Wildman–Crippen MR) is 142 cm³/mol. The molecule has 0 amide bonds. The van der Waals surface area contributed by atoms with E-state index in [9.17, 15) is 18.0 Å². The van der Waals surface area contributed by atoms with Crippen molar-refractivity contribution in [2.45, 2.75) is 6.18 Å². The summed E-state index contributed by atoms with van der Waals surface area (Å²) in [5.74, 6) is 1.37. The van der Waals surface area contributed by atoms with Crippen LogP contribution in [0.15, 0.2) is 60.8 Å². The Morgan fingerprint density at radius 3 is 1.97 bits per heavy atom. The van der Waals surface area contributed by atoms with Crippen LogP contribution in [0.4, 0.5) is 18.9 Å². The normalized spacial score (nSPS) is 11.6. The highest BCUT2D eigenvalue weighted by Crippen LogP contribution is 2.39. The van der Waals surface area contributed by atoms with Crippen molar-refractivity contribution in [3.8, 4) is 23.0 Å². The van der Waals surface area contributed by atoms with Crippen molar-refractivity contribution < 1.29 is 36.9 Å². The molecule has 0 radical (unpaired) electrons. The van der Waals surface area contributed by atoms with E-state index >= 15 is 0 Å². The molecule has 0 fully saturated rings. The van der Waals surface area contributed by atoms with E-state index in [0.717, 1.165) is 29.8 Å². The Balaban J connectivity index is 1.87. The van der Waals surface area contributed by atoms with E-state index in [1.165, 1.54) is 40.7 Å². The molecule has 1 N–H and O–H groups in total. The number of hydrogen-bond donors (Lipinski definition) is 1. The van der Waals surface area contributed by atoms with Crippen LogP contribution in [0.3, 0.4) is 0 Å². The lowest BCUT2D eigenvalue weighted by Crippen LogP contribution is -2.05. The van der Waals surface area contributed by atoms with Crippen molar-refractivity contribution in [3.05, 3.63) is 88.1 Å². The zero-order valence-corrected chi connectivity index (χ0v) is 21.7. The molecule has 0 bridgehead atoms. The maximum atomic E-state index is 12.8. The largest absolute Gasteiger partial charge is 0.495 e. The molecule has 3 rings (SSSR count). The van der Waals surface area contributed by atoms with Gasteiger partial charge in [-0.25, -0.2) is 0 Å². The molecule has 38 heavy (non-hydrogen) atoms. The number of benzene rings is 3. The molecular weight excluding hydrogens is 523 g/mol. The summed E-state index contributed by atoms with van der Waals surface area (Å²) in [5, 5.41) is 3.38. The first-order valence-corrected chi connectivity index (χ1v) is 11.5. The molecule has 0 spiro atoms. The van der Waals surface area contributed by atoms with Crippen molar-refractivity contribution in [2.75, 3.05) is 33.8 Å². The molecule has 200 valence electrons. The van der Waals surface area contributed by atoms with Crippen LogP contribution in [0.2, 0.25) is 5.02 Å². The Labute approximate surface area is 223 Å². The molecular formula is C28H25ClF3NO5. The van der Waals surface area contributed by atoms with Crippen LogP contribution in [-0.2, 0) is 6.18 Å². The van der Waals surface area contributed by atoms with E-state index in [-0.39, 0.29) is 5.56 Å². The Hall–Kier alpha value is -4.11. The van der Waals surface area contributed by atoms with Crippen LogP contribution >= 0.6 is 11.6 Å². The highest BCUT2D eigenvalue weighted by molar-refractivity contribution is 6.32. The zero-order chi connectivity index (χ0) is 27.9. The van der Waals surface area contributed by atoms with Gasteiger partial charge in [-0.3, -0.25) is 4.79 Å². The number of ketones is 1.